The van der Waals surface area contributed by atoms with E-state index in [0.717, 1.165) is 29.9 Å². The van der Waals surface area contributed by atoms with Gasteiger partial charge in [-0.25, -0.2) is 0 Å². The Bertz CT molecular complexity index is 1180. The standard InChI is InChI=1S/C28H27F3N2O3/c29-28(30,31)23-8-6-7-21(17-23)18-33-16-5-4-11-25(27(33)35)32-26(34)22-14-12-20(13-15-22)19-36-24-9-2-1-3-10-24/h1-3,6-10,12-15,17,25H,4-5,11,16,18-19H2,(H,32,34). The topological polar surface area (TPSA) is 58.6 Å². The van der Waals surface area contributed by atoms with E-state index in [-0.39, 0.29) is 18.4 Å². The van der Waals surface area contributed by atoms with Crippen LogP contribution >= 0.6 is 0 Å². The molecule has 1 aliphatic rings. The summed E-state index contributed by atoms with van der Waals surface area (Å²) in [5, 5.41) is 2.81. The summed E-state index contributed by atoms with van der Waals surface area (Å²) in [5.74, 6) is 0.0943. The third-order valence-electron chi connectivity index (χ3n) is 6.08. The number of amides is 2. The Morgan fingerprint density at radius 3 is 2.42 bits per heavy atom. The van der Waals surface area contributed by atoms with Crippen molar-refractivity contribution in [1.82, 2.24) is 10.2 Å². The second-order valence-electron chi connectivity index (χ2n) is 8.78. The summed E-state index contributed by atoms with van der Waals surface area (Å²) < 4.78 is 44.9. The van der Waals surface area contributed by atoms with Crippen LogP contribution in [0.5, 0.6) is 5.75 Å². The predicted molar refractivity (Wildman–Crippen MR) is 129 cm³/mol. The SMILES string of the molecule is O=C(NC1CCCCN(Cc2cccc(C(F)(F)F)c2)C1=O)c1ccc(COc2ccccc2)cc1. The smallest absolute Gasteiger partial charge is 0.416 e. The summed E-state index contributed by atoms with van der Waals surface area (Å²) in [6.07, 6.45) is -2.52. The molecular formula is C28H27F3N2O3. The lowest BCUT2D eigenvalue weighted by molar-refractivity contribution is -0.137. The average molecular weight is 497 g/mol. The van der Waals surface area contributed by atoms with Crippen LogP contribution in [0.15, 0.2) is 78.9 Å². The summed E-state index contributed by atoms with van der Waals surface area (Å²) in [6, 6.07) is 20.6. The molecule has 188 valence electrons. The summed E-state index contributed by atoms with van der Waals surface area (Å²) in [6.45, 7) is 0.848. The number of halogens is 3. The van der Waals surface area contributed by atoms with Crippen LogP contribution in [-0.2, 0) is 24.1 Å². The molecule has 1 saturated heterocycles. The number of benzene rings is 3. The van der Waals surface area contributed by atoms with Crippen LogP contribution in [0.2, 0.25) is 0 Å². The van der Waals surface area contributed by atoms with Gasteiger partial charge in [0.1, 0.15) is 18.4 Å². The van der Waals surface area contributed by atoms with E-state index in [0.29, 0.717) is 37.1 Å². The van der Waals surface area contributed by atoms with Gasteiger partial charge in [0.2, 0.25) is 5.91 Å². The number of nitrogens with one attached hydrogen (secondary N) is 1. The molecule has 0 radical (unpaired) electrons. The first-order chi connectivity index (χ1) is 17.3. The van der Waals surface area contributed by atoms with Gasteiger partial charge >= 0.3 is 6.18 Å². The maximum atomic E-state index is 13.1. The highest BCUT2D eigenvalue weighted by Crippen LogP contribution is 2.30. The predicted octanol–water partition coefficient (Wildman–Crippen LogP) is 5.60. The molecule has 1 heterocycles. The van der Waals surface area contributed by atoms with Crippen LogP contribution in [0.1, 0.15) is 46.3 Å². The summed E-state index contributed by atoms with van der Waals surface area (Å²) in [5.41, 5.74) is 0.969. The number of carbonyl (C=O) groups is 2. The molecule has 1 unspecified atom stereocenters. The molecule has 0 aliphatic carbocycles. The second-order valence-corrected chi connectivity index (χ2v) is 8.78. The van der Waals surface area contributed by atoms with Gasteiger partial charge in [-0.15, -0.1) is 0 Å². The normalized spacial score (nSPS) is 16.4. The molecule has 0 aromatic heterocycles. The highest BCUT2D eigenvalue weighted by Gasteiger charge is 2.32. The Morgan fingerprint density at radius 1 is 0.944 bits per heavy atom. The molecule has 4 rings (SSSR count). The van der Waals surface area contributed by atoms with Crippen LogP contribution in [0, 0.1) is 0 Å². The number of rotatable bonds is 7. The number of carbonyl (C=O) groups excluding carboxylic acids is 2. The maximum Gasteiger partial charge on any atom is 0.416 e. The van der Waals surface area contributed by atoms with Gasteiger partial charge < -0.3 is 15.0 Å². The van der Waals surface area contributed by atoms with Crippen LogP contribution in [0.25, 0.3) is 0 Å². The first-order valence-electron chi connectivity index (χ1n) is 11.8. The molecule has 5 nitrogen and oxygen atoms in total. The fraction of sp³-hybridized carbons (Fsp3) is 0.286. The van der Waals surface area contributed by atoms with Crippen molar-refractivity contribution in [2.24, 2.45) is 0 Å². The fourth-order valence-corrected chi connectivity index (χ4v) is 4.14. The van der Waals surface area contributed by atoms with Crippen molar-refractivity contribution in [3.8, 4) is 5.75 Å². The van der Waals surface area contributed by atoms with Crippen LogP contribution < -0.4 is 10.1 Å². The highest BCUT2D eigenvalue weighted by molar-refractivity contribution is 5.97. The van der Waals surface area contributed by atoms with E-state index < -0.39 is 17.8 Å². The molecule has 2 amide bonds. The van der Waals surface area contributed by atoms with Gasteiger partial charge in [-0.05, 0) is 66.8 Å². The number of nitrogens with zero attached hydrogens (tertiary/aromatic N) is 1. The summed E-state index contributed by atoms with van der Waals surface area (Å²) in [4.78, 5) is 27.5. The Labute approximate surface area is 207 Å². The molecule has 3 aromatic carbocycles. The van der Waals surface area contributed by atoms with Crippen molar-refractivity contribution in [2.75, 3.05) is 6.54 Å². The van der Waals surface area contributed by atoms with Gasteiger partial charge in [-0.1, -0.05) is 42.5 Å². The molecule has 1 fully saturated rings. The Hall–Kier alpha value is -3.81. The monoisotopic (exact) mass is 496 g/mol. The minimum atomic E-state index is -4.45. The highest BCUT2D eigenvalue weighted by atomic mass is 19.4. The lowest BCUT2D eigenvalue weighted by Crippen LogP contribution is -2.47. The van der Waals surface area contributed by atoms with Crippen LogP contribution in [0.3, 0.4) is 0 Å². The van der Waals surface area contributed by atoms with Crippen molar-refractivity contribution >= 4 is 11.8 Å². The molecule has 1 atom stereocenters. The zero-order chi connectivity index (χ0) is 25.5. The number of likely N-dealkylation sites (tertiary alicyclic amines) is 1. The molecule has 1 N–H and O–H groups in total. The first kappa shape index (κ1) is 25.3. The molecule has 3 aromatic rings. The van der Waals surface area contributed by atoms with E-state index in [2.05, 4.69) is 5.32 Å². The van der Waals surface area contributed by atoms with E-state index in [4.69, 9.17) is 4.74 Å². The fourth-order valence-electron chi connectivity index (χ4n) is 4.14. The summed E-state index contributed by atoms with van der Waals surface area (Å²) >= 11 is 0. The molecule has 1 aliphatic heterocycles. The van der Waals surface area contributed by atoms with Crippen molar-refractivity contribution in [1.29, 1.82) is 0 Å². The van der Waals surface area contributed by atoms with E-state index in [1.165, 1.54) is 11.0 Å². The van der Waals surface area contributed by atoms with Gasteiger partial charge in [-0.3, -0.25) is 9.59 Å². The Kier molecular flexibility index (Phi) is 7.93. The number of hydrogen-bond acceptors (Lipinski definition) is 3. The minimum absolute atomic E-state index is 0.0607. The first-order valence-corrected chi connectivity index (χ1v) is 11.8. The molecule has 36 heavy (non-hydrogen) atoms. The van der Waals surface area contributed by atoms with Crippen molar-refractivity contribution < 1.29 is 27.5 Å². The Balaban J connectivity index is 1.37. The van der Waals surface area contributed by atoms with Crippen LogP contribution in [-0.4, -0.2) is 29.3 Å². The molecule has 0 bridgehead atoms. The number of ether oxygens (including phenoxy) is 1. The second kappa shape index (κ2) is 11.3. The van der Waals surface area contributed by atoms with E-state index in [9.17, 15) is 22.8 Å². The maximum absolute atomic E-state index is 13.1. The summed E-state index contributed by atoms with van der Waals surface area (Å²) in [7, 11) is 0. The van der Waals surface area contributed by atoms with Crippen molar-refractivity contribution in [2.45, 2.75) is 44.6 Å². The zero-order valence-corrected chi connectivity index (χ0v) is 19.6. The van der Waals surface area contributed by atoms with Gasteiger partial charge in [0.25, 0.3) is 5.91 Å². The zero-order valence-electron chi connectivity index (χ0n) is 19.6. The number of alkyl halides is 3. The third-order valence-corrected chi connectivity index (χ3v) is 6.08. The van der Waals surface area contributed by atoms with E-state index >= 15 is 0 Å². The molecule has 0 saturated carbocycles. The van der Waals surface area contributed by atoms with Gasteiger partial charge in [-0.2, -0.15) is 13.2 Å². The van der Waals surface area contributed by atoms with E-state index in [1.807, 2.05) is 30.3 Å². The van der Waals surface area contributed by atoms with Crippen molar-refractivity contribution in [3.05, 3.63) is 101 Å². The lowest BCUT2D eigenvalue weighted by Gasteiger charge is -2.25. The minimum Gasteiger partial charge on any atom is -0.489 e. The quantitative estimate of drug-likeness (QED) is 0.464. The molecule has 8 heteroatoms. The van der Waals surface area contributed by atoms with Gasteiger partial charge in [0, 0.05) is 18.7 Å². The van der Waals surface area contributed by atoms with E-state index in [1.54, 1.807) is 30.3 Å². The number of hydrogen-bond donors (Lipinski definition) is 1. The lowest BCUT2D eigenvalue weighted by atomic mass is 10.1. The van der Waals surface area contributed by atoms with Crippen molar-refractivity contribution in [3.63, 3.8) is 0 Å². The molecule has 0 spiro atoms. The number of para-hydroxylation sites is 1. The average Bonchev–Trinajstić information content (AvgIpc) is 3.04. The van der Waals surface area contributed by atoms with Gasteiger partial charge in [0.05, 0.1) is 5.56 Å². The third kappa shape index (κ3) is 6.65. The Morgan fingerprint density at radius 2 is 1.69 bits per heavy atom. The van der Waals surface area contributed by atoms with Crippen LogP contribution in [0.4, 0.5) is 13.2 Å². The van der Waals surface area contributed by atoms with Gasteiger partial charge in [0.15, 0.2) is 0 Å². The largest absolute Gasteiger partial charge is 0.489 e. The molecular weight excluding hydrogens is 469 g/mol.